The van der Waals surface area contributed by atoms with Crippen LogP contribution in [0.3, 0.4) is 0 Å². The molecule has 0 bridgehead atoms. The van der Waals surface area contributed by atoms with E-state index in [1.54, 1.807) is 14.0 Å². The van der Waals surface area contributed by atoms with Crippen molar-refractivity contribution < 1.29 is 14.7 Å². The summed E-state index contributed by atoms with van der Waals surface area (Å²) in [5, 5.41) is 13.3. The fraction of sp³-hybridized carbons (Fsp3) is 0.400. The van der Waals surface area contributed by atoms with Gasteiger partial charge in [-0.3, -0.25) is 9.59 Å². The van der Waals surface area contributed by atoms with Gasteiger partial charge in [-0.2, -0.15) is 0 Å². The van der Waals surface area contributed by atoms with Gasteiger partial charge in [-0.15, -0.1) is 0 Å². The first-order chi connectivity index (χ1) is 14.6. The number of aliphatic hydroxyl groups is 1. The van der Waals surface area contributed by atoms with E-state index in [1.807, 2.05) is 75.4 Å². The standard InChI is InChI=1S/C25H31N3O3/c1-16(20(29)15-25(2,3)4)23(30)27-22-24(31)28(5)19-14-10-9-13-18(19)21(26-22)17-11-7-6-8-12-17/h6-14,16,20,22,29H,15H2,1-5H3,(H,27,30)/t16?,20-,22?/m0/s1. The lowest BCUT2D eigenvalue weighted by Crippen LogP contribution is -2.49. The number of nitrogens with zero attached hydrogens (tertiary/aromatic N) is 2. The molecule has 6 heteroatoms. The lowest BCUT2D eigenvalue weighted by Gasteiger charge is -2.27. The fourth-order valence-corrected chi connectivity index (χ4v) is 3.69. The second-order valence-corrected chi connectivity index (χ2v) is 9.29. The van der Waals surface area contributed by atoms with E-state index < -0.39 is 24.1 Å². The van der Waals surface area contributed by atoms with Crippen molar-refractivity contribution >= 4 is 23.2 Å². The van der Waals surface area contributed by atoms with E-state index in [2.05, 4.69) is 10.3 Å². The minimum atomic E-state index is -1.08. The molecule has 0 aromatic heterocycles. The van der Waals surface area contributed by atoms with Crippen LogP contribution in [0.15, 0.2) is 59.6 Å². The first-order valence-electron chi connectivity index (χ1n) is 10.6. The van der Waals surface area contributed by atoms with E-state index in [9.17, 15) is 14.7 Å². The third-order valence-electron chi connectivity index (χ3n) is 5.48. The molecule has 31 heavy (non-hydrogen) atoms. The number of benzodiazepines with no additional fused rings is 1. The summed E-state index contributed by atoms with van der Waals surface area (Å²) in [5.74, 6) is -1.40. The Hall–Kier alpha value is -2.99. The molecule has 0 radical (unpaired) electrons. The molecule has 0 saturated carbocycles. The highest BCUT2D eigenvalue weighted by atomic mass is 16.3. The number of carbonyl (C=O) groups is 2. The molecular weight excluding hydrogens is 390 g/mol. The molecule has 0 aliphatic carbocycles. The second-order valence-electron chi connectivity index (χ2n) is 9.29. The van der Waals surface area contributed by atoms with Crippen LogP contribution in [-0.2, 0) is 9.59 Å². The molecule has 0 fully saturated rings. The Balaban J connectivity index is 1.95. The van der Waals surface area contributed by atoms with Crippen molar-refractivity contribution in [3.8, 4) is 0 Å². The van der Waals surface area contributed by atoms with Crippen LogP contribution in [0.1, 0.15) is 45.2 Å². The van der Waals surface area contributed by atoms with Crippen molar-refractivity contribution in [1.29, 1.82) is 0 Å². The third-order valence-corrected chi connectivity index (χ3v) is 5.48. The van der Waals surface area contributed by atoms with Crippen molar-refractivity contribution in [3.05, 3.63) is 65.7 Å². The number of fused-ring (bicyclic) bond motifs is 1. The van der Waals surface area contributed by atoms with Gasteiger partial charge in [-0.1, -0.05) is 76.2 Å². The Bertz CT molecular complexity index is 979. The zero-order chi connectivity index (χ0) is 22.8. The molecule has 0 spiro atoms. The quantitative estimate of drug-likeness (QED) is 0.777. The molecule has 2 N–H and O–H groups in total. The van der Waals surface area contributed by atoms with Crippen LogP contribution >= 0.6 is 0 Å². The van der Waals surface area contributed by atoms with Gasteiger partial charge in [0.2, 0.25) is 12.1 Å². The summed E-state index contributed by atoms with van der Waals surface area (Å²) in [4.78, 5) is 32.3. The number of para-hydroxylation sites is 1. The Kier molecular flexibility index (Phi) is 6.60. The molecule has 1 aliphatic rings. The maximum absolute atomic E-state index is 13.2. The van der Waals surface area contributed by atoms with Gasteiger partial charge in [-0.25, -0.2) is 4.99 Å². The van der Waals surface area contributed by atoms with Gasteiger partial charge >= 0.3 is 0 Å². The minimum absolute atomic E-state index is 0.118. The molecule has 1 aliphatic heterocycles. The molecule has 2 aromatic carbocycles. The highest BCUT2D eigenvalue weighted by molar-refractivity contribution is 6.20. The summed E-state index contributed by atoms with van der Waals surface area (Å²) in [7, 11) is 1.68. The topological polar surface area (TPSA) is 82.0 Å². The zero-order valence-corrected chi connectivity index (χ0v) is 18.8. The van der Waals surface area contributed by atoms with Gasteiger partial charge in [0.1, 0.15) is 0 Å². The number of amides is 2. The highest BCUT2D eigenvalue weighted by Gasteiger charge is 2.33. The van der Waals surface area contributed by atoms with Gasteiger partial charge in [0.15, 0.2) is 0 Å². The Morgan fingerprint density at radius 1 is 1.13 bits per heavy atom. The lowest BCUT2D eigenvalue weighted by atomic mass is 9.85. The molecule has 0 saturated heterocycles. The van der Waals surface area contributed by atoms with Crippen LogP contribution in [0.25, 0.3) is 0 Å². The number of hydrogen-bond acceptors (Lipinski definition) is 4. The van der Waals surface area contributed by atoms with Crippen LogP contribution in [0.5, 0.6) is 0 Å². The maximum Gasteiger partial charge on any atom is 0.272 e. The predicted octanol–water partition coefficient (Wildman–Crippen LogP) is 3.38. The monoisotopic (exact) mass is 421 g/mol. The molecular formula is C25H31N3O3. The SMILES string of the molecule is CC(C(=O)NC1N=C(c2ccccc2)c2ccccc2N(C)C1=O)[C@@H](O)CC(C)(C)C. The summed E-state index contributed by atoms with van der Waals surface area (Å²) in [5.41, 5.74) is 2.93. The molecule has 1 heterocycles. The number of likely N-dealkylation sites (N-methyl/N-ethyl adjacent to an activating group) is 1. The lowest BCUT2D eigenvalue weighted by molar-refractivity contribution is -0.132. The van der Waals surface area contributed by atoms with Crippen LogP contribution in [0, 0.1) is 11.3 Å². The number of aliphatic imine (C=N–C) groups is 1. The Morgan fingerprint density at radius 2 is 1.74 bits per heavy atom. The summed E-state index contributed by atoms with van der Waals surface area (Å²) in [6, 6.07) is 17.2. The number of benzene rings is 2. The molecule has 6 nitrogen and oxygen atoms in total. The first kappa shape index (κ1) is 22.7. The average molecular weight is 422 g/mol. The van der Waals surface area contributed by atoms with Gasteiger partial charge in [0.25, 0.3) is 5.91 Å². The smallest absolute Gasteiger partial charge is 0.272 e. The number of rotatable bonds is 5. The molecule has 3 atom stereocenters. The fourth-order valence-electron chi connectivity index (χ4n) is 3.69. The maximum atomic E-state index is 13.2. The van der Waals surface area contributed by atoms with Gasteiger partial charge < -0.3 is 15.3 Å². The van der Waals surface area contributed by atoms with Crippen LogP contribution in [-0.4, -0.2) is 41.9 Å². The Morgan fingerprint density at radius 3 is 2.39 bits per heavy atom. The largest absolute Gasteiger partial charge is 0.392 e. The first-order valence-corrected chi connectivity index (χ1v) is 10.6. The molecule has 164 valence electrons. The normalized spacial score (nSPS) is 18.5. The van der Waals surface area contributed by atoms with E-state index in [4.69, 9.17) is 0 Å². The summed E-state index contributed by atoms with van der Waals surface area (Å²) in [6.45, 7) is 7.71. The van der Waals surface area contributed by atoms with Gasteiger partial charge in [-0.05, 0) is 17.9 Å². The van der Waals surface area contributed by atoms with E-state index in [0.29, 0.717) is 12.1 Å². The van der Waals surface area contributed by atoms with Gasteiger partial charge in [0, 0.05) is 18.2 Å². The van der Waals surface area contributed by atoms with Crippen molar-refractivity contribution in [2.45, 2.75) is 46.4 Å². The summed E-state index contributed by atoms with van der Waals surface area (Å²) < 4.78 is 0. The molecule has 2 aromatic rings. The Labute approximate surface area is 184 Å². The van der Waals surface area contributed by atoms with Crippen LogP contribution in [0.4, 0.5) is 5.69 Å². The number of aliphatic hydroxyl groups excluding tert-OH is 1. The summed E-state index contributed by atoms with van der Waals surface area (Å²) >= 11 is 0. The number of hydrogen-bond donors (Lipinski definition) is 2. The predicted molar refractivity (Wildman–Crippen MR) is 123 cm³/mol. The van der Waals surface area contributed by atoms with E-state index in [0.717, 1.165) is 16.8 Å². The van der Waals surface area contributed by atoms with Crippen molar-refractivity contribution in [2.75, 3.05) is 11.9 Å². The van der Waals surface area contributed by atoms with E-state index in [-0.39, 0.29) is 11.3 Å². The zero-order valence-electron chi connectivity index (χ0n) is 18.8. The number of anilines is 1. The van der Waals surface area contributed by atoms with Crippen molar-refractivity contribution in [1.82, 2.24) is 5.32 Å². The van der Waals surface area contributed by atoms with Crippen LogP contribution in [0.2, 0.25) is 0 Å². The van der Waals surface area contributed by atoms with Crippen molar-refractivity contribution in [2.24, 2.45) is 16.3 Å². The highest BCUT2D eigenvalue weighted by Crippen LogP contribution is 2.28. The molecule has 2 amide bonds. The van der Waals surface area contributed by atoms with Gasteiger partial charge in [0.05, 0.1) is 23.4 Å². The second kappa shape index (κ2) is 9.02. The molecule has 3 rings (SSSR count). The van der Waals surface area contributed by atoms with E-state index in [1.165, 1.54) is 4.90 Å². The summed E-state index contributed by atoms with van der Waals surface area (Å²) in [6.07, 6.45) is -1.41. The number of carbonyl (C=O) groups excluding carboxylic acids is 2. The van der Waals surface area contributed by atoms with Crippen LogP contribution < -0.4 is 10.2 Å². The average Bonchev–Trinajstić information content (AvgIpc) is 2.83. The molecule has 2 unspecified atom stereocenters. The van der Waals surface area contributed by atoms with Crippen molar-refractivity contribution in [3.63, 3.8) is 0 Å². The number of nitrogens with one attached hydrogen (secondary N) is 1. The third kappa shape index (κ3) is 5.20. The minimum Gasteiger partial charge on any atom is -0.392 e. The van der Waals surface area contributed by atoms with E-state index >= 15 is 0 Å².